The summed E-state index contributed by atoms with van der Waals surface area (Å²) < 4.78 is 3.40. The molecule has 5 rings (SSSR count). The van der Waals surface area contributed by atoms with Crippen molar-refractivity contribution in [3.63, 3.8) is 0 Å². The number of hydrogen-bond donors (Lipinski definition) is 3. The second-order valence-corrected chi connectivity index (χ2v) is 12.1. The van der Waals surface area contributed by atoms with E-state index in [1.54, 1.807) is 23.6 Å². The van der Waals surface area contributed by atoms with Crippen LogP contribution < -0.4 is 5.32 Å². The van der Waals surface area contributed by atoms with E-state index in [0.717, 1.165) is 21.9 Å². The Balaban J connectivity index is 1.48. The number of carbonyl (C=O) groups is 2. The van der Waals surface area contributed by atoms with E-state index in [1.165, 1.54) is 53.4 Å². The first kappa shape index (κ1) is 28.4. The van der Waals surface area contributed by atoms with Crippen LogP contribution in [0.15, 0.2) is 83.0 Å². The van der Waals surface area contributed by atoms with Crippen LogP contribution >= 0.6 is 23.1 Å². The fraction of sp³-hybridized carbons (Fsp3) is 0.226. The number of carboxylic acids is 2. The van der Waals surface area contributed by atoms with Crippen molar-refractivity contribution in [3.05, 3.63) is 95.7 Å². The molecule has 0 saturated heterocycles. The number of unbranched alkanes of at least 4 members (excludes halogenated alkanes) is 2. The fourth-order valence-electron chi connectivity index (χ4n) is 4.62. The molecule has 210 valence electrons. The van der Waals surface area contributed by atoms with Gasteiger partial charge in [0.05, 0.1) is 38.5 Å². The lowest BCUT2D eigenvalue weighted by atomic mass is 10.00. The average molecular weight is 587 g/mol. The van der Waals surface area contributed by atoms with E-state index in [2.05, 4.69) is 58.2 Å². The Hall–Kier alpha value is -4.15. The van der Waals surface area contributed by atoms with Crippen LogP contribution in [0.2, 0.25) is 0 Å². The normalized spacial score (nSPS) is 14.7. The van der Waals surface area contributed by atoms with Crippen LogP contribution in [0.25, 0.3) is 27.4 Å². The molecule has 10 heteroatoms. The van der Waals surface area contributed by atoms with E-state index < -0.39 is 18.0 Å². The van der Waals surface area contributed by atoms with Gasteiger partial charge in [0.15, 0.2) is 0 Å². The van der Waals surface area contributed by atoms with Gasteiger partial charge in [-0.2, -0.15) is 0 Å². The molecule has 8 nitrogen and oxygen atoms in total. The smallest absolute Gasteiger partial charge is 0.335 e. The second kappa shape index (κ2) is 12.6. The third-order valence-corrected chi connectivity index (χ3v) is 9.33. The first-order valence-corrected chi connectivity index (χ1v) is 15.1. The summed E-state index contributed by atoms with van der Waals surface area (Å²) in [6.45, 7) is 2.21. The van der Waals surface area contributed by atoms with Gasteiger partial charge in [0.2, 0.25) is 0 Å². The number of thiophene rings is 1. The molecule has 0 aromatic carbocycles. The van der Waals surface area contributed by atoms with E-state index in [4.69, 9.17) is 0 Å². The van der Waals surface area contributed by atoms with Crippen LogP contribution in [0.3, 0.4) is 0 Å². The topological polar surface area (TPSA) is 117 Å². The number of nitrogens with one attached hydrogen (secondary N) is 1. The van der Waals surface area contributed by atoms with Gasteiger partial charge in [-0.25, -0.2) is 9.59 Å². The van der Waals surface area contributed by atoms with E-state index in [9.17, 15) is 19.8 Å². The molecular formula is C31H30N4O4S2. The summed E-state index contributed by atoms with van der Waals surface area (Å²) in [4.78, 5) is 33.4. The van der Waals surface area contributed by atoms with Crippen molar-refractivity contribution in [2.45, 2.75) is 36.4 Å². The minimum Gasteiger partial charge on any atom is -0.478 e. The van der Waals surface area contributed by atoms with Gasteiger partial charge in [0.25, 0.3) is 0 Å². The Bertz CT molecular complexity index is 1650. The van der Waals surface area contributed by atoms with Crippen molar-refractivity contribution in [3.8, 4) is 21.7 Å². The van der Waals surface area contributed by atoms with Crippen molar-refractivity contribution in [2.75, 3.05) is 5.75 Å². The zero-order valence-corrected chi connectivity index (χ0v) is 24.3. The molecule has 4 aromatic rings. The molecule has 0 radical (unpaired) electrons. The number of rotatable bonds is 11. The molecule has 5 heterocycles. The summed E-state index contributed by atoms with van der Waals surface area (Å²) in [5.74, 6) is -1.10. The van der Waals surface area contributed by atoms with Crippen molar-refractivity contribution < 1.29 is 19.8 Å². The van der Waals surface area contributed by atoms with E-state index in [1.807, 2.05) is 23.9 Å². The van der Waals surface area contributed by atoms with Crippen molar-refractivity contribution in [1.82, 2.24) is 19.9 Å². The molecule has 0 aliphatic carbocycles. The molecule has 1 aliphatic rings. The van der Waals surface area contributed by atoms with Crippen LogP contribution in [0.4, 0.5) is 0 Å². The predicted molar refractivity (Wildman–Crippen MR) is 163 cm³/mol. The largest absolute Gasteiger partial charge is 0.478 e. The highest BCUT2D eigenvalue weighted by Gasteiger charge is 2.23. The maximum atomic E-state index is 12.0. The molecule has 0 fully saturated rings. The van der Waals surface area contributed by atoms with E-state index in [0.29, 0.717) is 17.1 Å². The maximum absolute atomic E-state index is 12.0. The molecule has 0 bridgehead atoms. The van der Waals surface area contributed by atoms with Crippen LogP contribution in [-0.4, -0.2) is 42.4 Å². The summed E-state index contributed by atoms with van der Waals surface area (Å²) in [6, 6.07) is 12.5. The van der Waals surface area contributed by atoms with Gasteiger partial charge in [0, 0.05) is 41.8 Å². The molecule has 0 amide bonds. The number of carboxylic acid groups (broad SMARTS) is 2. The number of nitrogens with zero attached hydrogens (tertiary/aromatic N) is 3. The van der Waals surface area contributed by atoms with Gasteiger partial charge in [-0.3, -0.25) is 9.97 Å². The van der Waals surface area contributed by atoms with Crippen molar-refractivity contribution >= 4 is 40.7 Å². The number of thioether (sulfide) groups is 1. The van der Waals surface area contributed by atoms with E-state index >= 15 is 0 Å². The Morgan fingerprint density at radius 1 is 1.07 bits per heavy atom. The number of pyridine rings is 2. The average Bonchev–Trinajstić information content (AvgIpc) is 3.61. The third-order valence-electron chi connectivity index (χ3n) is 6.77. The lowest BCUT2D eigenvalue weighted by molar-refractivity contribution is -0.132. The molecule has 0 saturated carbocycles. The quantitative estimate of drug-likeness (QED) is 0.129. The Morgan fingerprint density at radius 2 is 1.90 bits per heavy atom. The van der Waals surface area contributed by atoms with Gasteiger partial charge in [0.1, 0.15) is 0 Å². The summed E-state index contributed by atoms with van der Waals surface area (Å²) in [5, 5.41) is 22.5. The monoisotopic (exact) mass is 586 g/mol. The fourth-order valence-corrected chi connectivity index (χ4v) is 7.12. The van der Waals surface area contributed by atoms with Crippen LogP contribution in [-0.2, 0) is 11.8 Å². The van der Waals surface area contributed by atoms with Gasteiger partial charge >= 0.3 is 11.9 Å². The van der Waals surface area contributed by atoms with Crippen LogP contribution in [0.1, 0.15) is 54.0 Å². The highest BCUT2D eigenvalue weighted by molar-refractivity contribution is 8.01. The van der Waals surface area contributed by atoms with Crippen molar-refractivity contribution in [1.29, 1.82) is 0 Å². The molecule has 41 heavy (non-hydrogen) atoms. The van der Waals surface area contributed by atoms with Crippen LogP contribution in [0, 0.1) is 0 Å². The third kappa shape index (κ3) is 6.44. The zero-order chi connectivity index (χ0) is 28.9. The number of dihydropyridines is 1. The van der Waals surface area contributed by atoms with Gasteiger partial charge in [-0.1, -0.05) is 19.8 Å². The lowest BCUT2D eigenvalue weighted by Crippen LogP contribution is -2.25. The van der Waals surface area contributed by atoms with E-state index in [-0.39, 0.29) is 11.1 Å². The molecule has 0 spiro atoms. The minimum absolute atomic E-state index is 0.0753. The predicted octanol–water partition coefficient (Wildman–Crippen LogP) is 6.89. The number of aromatic nitrogens is 3. The first-order chi connectivity index (χ1) is 19.8. The molecular weight excluding hydrogens is 556 g/mol. The molecule has 1 aliphatic heterocycles. The zero-order valence-electron chi connectivity index (χ0n) is 22.7. The molecule has 1 atom stereocenters. The SMILES string of the molecule is CCCCCSc1sc(-c2ccnc(C3=CC(C(=O)O)=CC(c4cc(C(=O)O)ccn4)N3)c2)cc1-c1cccn1C. The highest BCUT2D eigenvalue weighted by atomic mass is 32.2. The Kier molecular flexibility index (Phi) is 8.70. The Labute approximate surface area is 246 Å². The van der Waals surface area contributed by atoms with Crippen LogP contribution in [0.5, 0.6) is 0 Å². The molecule has 4 aromatic heterocycles. The highest BCUT2D eigenvalue weighted by Crippen LogP contribution is 2.43. The van der Waals surface area contributed by atoms with Gasteiger partial charge < -0.3 is 20.1 Å². The second-order valence-electron chi connectivity index (χ2n) is 9.68. The first-order valence-electron chi connectivity index (χ1n) is 13.3. The van der Waals surface area contributed by atoms with Crippen molar-refractivity contribution in [2.24, 2.45) is 7.05 Å². The number of aliphatic carboxylic acids is 1. The Morgan fingerprint density at radius 3 is 2.63 bits per heavy atom. The standard InChI is InChI=1S/C31H30N4O4S2/c1-3-4-5-13-40-31-22(27-7-6-12-35(27)2)18-28(41-31)19-8-10-32-23(14-19)25-16-21(30(38)39)17-26(34-25)24-15-20(29(36)37)9-11-33-24/h6-12,14-18,26,34H,3-5,13H2,1-2H3,(H,36,37)(H,38,39). The summed E-state index contributed by atoms with van der Waals surface area (Å²) in [5.41, 5.74) is 5.00. The summed E-state index contributed by atoms with van der Waals surface area (Å²) in [6.07, 6.45) is 11.8. The van der Waals surface area contributed by atoms with Gasteiger partial charge in [-0.15, -0.1) is 23.1 Å². The lowest BCUT2D eigenvalue weighted by Gasteiger charge is -2.23. The summed E-state index contributed by atoms with van der Waals surface area (Å²) >= 11 is 3.64. The molecule has 1 unspecified atom stereocenters. The number of aromatic carboxylic acids is 1. The molecule has 3 N–H and O–H groups in total. The van der Waals surface area contributed by atoms with Gasteiger partial charge in [-0.05, 0) is 72.4 Å². The number of aryl methyl sites for hydroxylation is 1. The maximum Gasteiger partial charge on any atom is 0.335 e. The number of hydrogen-bond acceptors (Lipinski definition) is 7. The summed E-state index contributed by atoms with van der Waals surface area (Å²) in [7, 11) is 2.05. The minimum atomic E-state index is -1.09.